The van der Waals surface area contributed by atoms with E-state index >= 15 is 0 Å². The van der Waals surface area contributed by atoms with Crippen molar-refractivity contribution in [3.63, 3.8) is 0 Å². The average molecular weight is 298 g/mol. The molecule has 0 spiro atoms. The highest BCUT2D eigenvalue weighted by Gasteiger charge is 2.27. The SMILES string of the molecule is CC(OC(=O)c1cc(F)c(N)cc1F)C(=O)N1CCCC1. The molecule has 2 rings (SSSR count). The van der Waals surface area contributed by atoms with Gasteiger partial charge in [-0.15, -0.1) is 0 Å². The smallest absolute Gasteiger partial charge is 0.342 e. The van der Waals surface area contributed by atoms with Crippen LogP contribution in [0.1, 0.15) is 30.1 Å². The van der Waals surface area contributed by atoms with E-state index in [9.17, 15) is 18.4 Å². The van der Waals surface area contributed by atoms with Crippen molar-refractivity contribution in [2.75, 3.05) is 18.8 Å². The zero-order valence-corrected chi connectivity index (χ0v) is 11.6. The molecule has 114 valence electrons. The van der Waals surface area contributed by atoms with Crippen LogP contribution < -0.4 is 5.73 Å². The van der Waals surface area contributed by atoms with E-state index in [0.717, 1.165) is 12.8 Å². The van der Waals surface area contributed by atoms with Gasteiger partial charge in [0.2, 0.25) is 0 Å². The summed E-state index contributed by atoms with van der Waals surface area (Å²) >= 11 is 0. The quantitative estimate of drug-likeness (QED) is 0.681. The molecule has 1 aromatic rings. The summed E-state index contributed by atoms with van der Waals surface area (Å²) in [5.41, 5.74) is 4.22. The van der Waals surface area contributed by atoms with Gasteiger partial charge in [0.25, 0.3) is 5.91 Å². The number of benzene rings is 1. The number of carbonyl (C=O) groups excluding carboxylic acids is 2. The molecule has 7 heteroatoms. The first kappa shape index (κ1) is 15.2. The number of nitrogen functional groups attached to an aromatic ring is 1. The maximum absolute atomic E-state index is 13.6. The van der Waals surface area contributed by atoms with Crippen molar-refractivity contribution in [1.29, 1.82) is 0 Å². The third-order valence-electron chi connectivity index (χ3n) is 3.36. The van der Waals surface area contributed by atoms with E-state index in [1.54, 1.807) is 4.90 Å². The first-order chi connectivity index (χ1) is 9.90. The van der Waals surface area contributed by atoms with Crippen molar-refractivity contribution in [1.82, 2.24) is 4.90 Å². The number of hydrogen-bond donors (Lipinski definition) is 1. The molecule has 1 aromatic carbocycles. The van der Waals surface area contributed by atoms with Gasteiger partial charge in [-0.1, -0.05) is 0 Å². The minimum absolute atomic E-state index is 0.336. The largest absolute Gasteiger partial charge is 0.449 e. The number of anilines is 1. The highest BCUT2D eigenvalue weighted by molar-refractivity contribution is 5.92. The standard InChI is InChI=1S/C14H16F2N2O3/c1-8(13(19)18-4-2-3-5-18)21-14(20)9-6-11(16)12(17)7-10(9)15/h6-8H,2-5,17H2,1H3. The fourth-order valence-corrected chi connectivity index (χ4v) is 2.19. The number of rotatable bonds is 3. The molecule has 1 unspecified atom stereocenters. The Bertz CT molecular complexity index is 572. The summed E-state index contributed by atoms with van der Waals surface area (Å²) in [4.78, 5) is 25.4. The highest BCUT2D eigenvalue weighted by Crippen LogP contribution is 2.18. The molecule has 0 aliphatic carbocycles. The summed E-state index contributed by atoms with van der Waals surface area (Å²) in [6, 6.07) is 1.37. The third kappa shape index (κ3) is 3.29. The van der Waals surface area contributed by atoms with Crippen molar-refractivity contribution in [3.05, 3.63) is 29.3 Å². The van der Waals surface area contributed by atoms with Gasteiger partial charge >= 0.3 is 5.97 Å². The maximum Gasteiger partial charge on any atom is 0.342 e. The summed E-state index contributed by atoms with van der Waals surface area (Å²) in [5, 5.41) is 0. The Balaban J connectivity index is 2.07. The Morgan fingerprint density at radius 1 is 1.24 bits per heavy atom. The molecule has 0 radical (unpaired) electrons. The van der Waals surface area contributed by atoms with Crippen LogP contribution >= 0.6 is 0 Å². The Labute approximate surface area is 120 Å². The second-order valence-electron chi connectivity index (χ2n) is 4.93. The minimum atomic E-state index is -1.09. The number of hydrogen-bond acceptors (Lipinski definition) is 4. The van der Waals surface area contributed by atoms with E-state index in [2.05, 4.69) is 0 Å². The predicted octanol–water partition coefficient (Wildman–Crippen LogP) is 1.71. The fraction of sp³-hybridized carbons (Fsp3) is 0.429. The van der Waals surface area contributed by atoms with Gasteiger partial charge in [-0.25, -0.2) is 13.6 Å². The molecule has 1 fully saturated rings. The molecule has 1 atom stereocenters. The summed E-state index contributed by atoms with van der Waals surface area (Å²) in [7, 11) is 0. The Morgan fingerprint density at radius 3 is 2.48 bits per heavy atom. The Morgan fingerprint density at radius 2 is 1.86 bits per heavy atom. The molecular weight excluding hydrogens is 282 g/mol. The van der Waals surface area contributed by atoms with E-state index < -0.39 is 35.0 Å². The monoisotopic (exact) mass is 298 g/mol. The number of likely N-dealkylation sites (tertiary alicyclic amines) is 1. The predicted molar refractivity (Wildman–Crippen MR) is 71.5 cm³/mol. The fourth-order valence-electron chi connectivity index (χ4n) is 2.19. The zero-order valence-electron chi connectivity index (χ0n) is 11.6. The van der Waals surface area contributed by atoms with Gasteiger partial charge in [0.05, 0.1) is 11.3 Å². The zero-order chi connectivity index (χ0) is 15.6. The summed E-state index contributed by atoms with van der Waals surface area (Å²) in [5.74, 6) is -3.33. The van der Waals surface area contributed by atoms with Gasteiger partial charge in [-0.3, -0.25) is 4.79 Å². The van der Waals surface area contributed by atoms with Gasteiger partial charge < -0.3 is 15.4 Å². The molecule has 0 aromatic heterocycles. The van der Waals surface area contributed by atoms with E-state index in [1.165, 1.54) is 6.92 Å². The average Bonchev–Trinajstić information content (AvgIpc) is 2.95. The van der Waals surface area contributed by atoms with Crippen LogP contribution in [0.2, 0.25) is 0 Å². The van der Waals surface area contributed by atoms with Gasteiger partial charge in [0.15, 0.2) is 6.10 Å². The van der Waals surface area contributed by atoms with Crippen molar-refractivity contribution in [2.24, 2.45) is 0 Å². The number of amides is 1. The van der Waals surface area contributed by atoms with Crippen molar-refractivity contribution >= 4 is 17.6 Å². The van der Waals surface area contributed by atoms with Crippen LogP contribution in [0.5, 0.6) is 0 Å². The summed E-state index contributed by atoms with van der Waals surface area (Å²) < 4.78 is 31.8. The Kier molecular flexibility index (Phi) is 4.40. The third-order valence-corrected chi connectivity index (χ3v) is 3.36. The number of carbonyl (C=O) groups is 2. The molecule has 1 saturated heterocycles. The van der Waals surface area contributed by atoms with Gasteiger partial charge in [0, 0.05) is 19.2 Å². The molecule has 0 saturated carbocycles. The van der Waals surface area contributed by atoms with Crippen molar-refractivity contribution in [2.45, 2.75) is 25.9 Å². The lowest BCUT2D eigenvalue weighted by Gasteiger charge is -2.20. The second-order valence-corrected chi connectivity index (χ2v) is 4.93. The van der Waals surface area contributed by atoms with Gasteiger partial charge in [-0.2, -0.15) is 0 Å². The van der Waals surface area contributed by atoms with Crippen LogP contribution in [0.4, 0.5) is 14.5 Å². The first-order valence-electron chi connectivity index (χ1n) is 6.64. The van der Waals surface area contributed by atoms with Crippen LogP contribution in [-0.4, -0.2) is 36.0 Å². The lowest BCUT2D eigenvalue weighted by atomic mass is 10.2. The molecule has 5 nitrogen and oxygen atoms in total. The maximum atomic E-state index is 13.6. The van der Waals surface area contributed by atoms with Gasteiger partial charge in [-0.05, 0) is 25.8 Å². The molecule has 1 aliphatic rings. The van der Waals surface area contributed by atoms with Crippen LogP contribution in [0.25, 0.3) is 0 Å². The van der Waals surface area contributed by atoms with Crippen LogP contribution in [0, 0.1) is 11.6 Å². The number of esters is 1. The number of halogens is 2. The number of nitrogens with two attached hydrogens (primary N) is 1. The first-order valence-corrected chi connectivity index (χ1v) is 6.64. The topological polar surface area (TPSA) is 72.6 Å². The van der Waals surface area contributed by atoms with Crippen LogP contribution in [0.15, 0.2) is 12.1 Å². The molecule has 1 amide bonds. The van der Waals surface area contributed by atoms with Gasteiger partial charge in [0.1, 0.15) is 11.6 Å². The summed E-state index contributed by atoms with van der Waals surface area (Å²) in [6.45, 7) is 2.64. The Hall–Kier alpha value is -2.18. The van der Waals surface area contributed by atoms with Crippen LogP contribution in [0.3, 0.4) is 0 Å². The summed E-state index contributed by atoms with van der Waals surface area (Å²) in [6.07, 6.45) is 0.768. The second kappa shape index (κ2) is 6.07. The number of nitrogens with zero attached hydrogens (tertiary/aromatic N) is 1. The highest BCUT2D eigenvalue weighted by atomic mass is 19.1. The minimum Gasteiger partial charge on any atom is -0.449 e. The molecule has 21 heavy (non-hydrogen) atoms. The molecular formula is C14H16F2N2O3. The van der Waals surface area contributed by atoms with Crippen molar-refractivity contribution < 1.29 is 23.1 Å². The van der Waals surface area contributed by atoms with E-state index in [0.29, 0.717) is 25.2 Å². The number of ether oxygens (including phenoxy) is 1. The lowest BCUT2D eigenvalue weighted by molar-refractivity contribution is -0.138. The molecule has 0 bridgehead atoms. The molecule has 1 heterocycles. The van der Waals surface area contributed by atoms with Crippen molar-refractivity contribution in [3.8, 4) is 0 Å². The molecule has 2 N–H and O–H groups in total. The van der Waals surface area contributed by atoms with E-state index in [4.69, 9.17) is 10.5 Å². The van der Waals surface area contributed by atoms with E-state index in [-0.39, 0.29) is 5.91 Å². The van der Waals surface area contributed by atoms with E-state index in [1.807, 2.05) is 0 Å². The normalized spacial score (nSPS) is 15.9. The molecule has 1 aliphatic heterocycles. The lowest BCUT2D eigenvalue weighted by Crippen LogP contribution is -2.38. The van der Waals surface area contributed by atoms with Crippen LogP contribution in [-0.2, 0) is 9.53 Å².